The molecule has 0 fully saturated rings. The van der Waals surface area contributed by atoms with E-state index in [4.69, 9.17) is 5.11 Å². The molecule has 0 aliphatic carbocycles. The lowest BCUT2D eigenvalue weighted by atomic mass is 10.1. The van der Waals surface area contributed by atoms with Crippen LogP contribution in [0.3, 0.4) is 0 Å². The predicted molar refractivity (Wildman–Crippen MR) is 55.5 cm³/mol. The number of nitrogens with zero attached hydrogens (tertiary/aromatic N) is 2. The number of aromatic nitrogens is 2. The second-order valence-corrected chi connectivity index (χ2v) is 4.21. The van der Waals surface area contributed by atoms with Crippen molar-refractivity contribution >= 4 is 11.9 Å². The number of carboxylic acid groups (broad SMARTS) is 1. The number of nitrogens with one attached hydrogen (secondary N) is 1. The van der Waals surface area contributed by atoms with E-state index in [0.29, 0.717) is 12.2 Å². The maximum atomic E-state index is 12.1. The molecule has 1 unspecified atom stereocenters. The van der Waals surface area contributed by atoms with Gasteiger partial charge in [0, 0.05) is 25.2 Å². The fourth-order valence-electron chi connectivity index (χ4n) is 1.93. The van der Waals surface area contributed by atoms with Crippen molar-refractivity contribution < 1.29 is 27.9 Å². The van der Waals surface area contributed by atoms with Gasteiger partial charge in [0.2, 0.25) is 0 Å². The van der Waals surface area contributed by atoms with Gasteiger partial charge in [0.1, 0.15) is 5.82 Å². The molecule has 1 aromatic heterocycles. The number of amides is 1. The minimum atomic E-state index is -4.92. The maximum absolute atomic E-state index is 12.1. The first-order valence-corrected chi connectivity index (χ1v) is 5.44. The molecular formula is C10H10F3N3O3. The summed E-state index contributed by atoms with van der Waals surface area (Å²) in [6, 6.07) is -0.683. The van der Waals surface area contributed by atoms with Gasteiger partial charge in [-0.2, -0.15) is 13.2 Å². The van der Waals surface area contributed by atoms with Crippen molar-refractivity contribution in [2.24, 2.45) is 0 Å². The first-order valence-electron chi connectivity index (χ1n) is 5.44. The fourth-order valence-corrected chi connectivity index (χ4v) is 1.93. The van der Waals surface area contributed by atoms with E-state index in [2.05, 4.69) is 4.98 Å². The smallest absolute Gasteiger partial charge is 0.471 e. The van der Waals surface area contributed by atoms with Gasteiger partial charge in [0.25, 0.3) is 0 Å². The summed E-state index contributed by atoms with van der Waals surface area (Å²) < 4.78 is 37.8. The summed E-state index contributed by atoms with van der Waals surface area (Å²) in [7, 11) is 0. The normalized spacial score (nSPS) is 18.8. The highest BCUT2D eigenvalue weighted by molar-refractivity contribution is 5.85. The molecule has 0 bridgehead atoms. The number of carboxylic acids is 1. The summed E-state index contributed by atoms with van der Waals surface area (Å²) in [5.74, 6) is -2.69. The van der Waals surface area contributed by atoms with Gasteiger partial charge < -0.3 is 15.0 Å². The van der Waals surface area contributed by atoms with E-state index < -0.39 is 24.1 Å². The van der Waals surface area contributed by atoms with Crippen LogP contribution in [-0.4, -0.2) is 38.8 Å². The molecule has 0 aromatic carbocycles. The lowest BCUT2D eigenvalue weighted by Crippen LogP contribution is -2.46. The van der Waals surface area contributed by atoms with Crippen molar-refractivity contribution in [1.29, 1.82) is 0 Å². The molecule has 0 saturated heterocycles. The van der Waals surface area contributed by atoms with Crippen molar-refractivity contribution in [1.82, 2.24) is 14.9 Å². The zero-order valence-electron chi connectivity index (χ0n) is 9.57. The molecule has 1 atom stereocenters. The molecule has 2 N–H and O–H groups in total. The zero-order valence-corrected chi connectivity index (χ0v) is 9.57. The van der Waals surface area contributed by atoms with E-state index in [1.165, 1.54) is 10.8 Å². The van der Waals surface area contributed by atoms with Crippen LogP contribution in [0.5, 0.6) is 0 Å². The third kappa shape index (κ3) is 2.85. The first-order chi connectivity index (χ1) is 8.77. The Labute approximate surface area is 105 Å². The number of carbonyl (C=O) groups excluding carboxylic acids is 1. The topological polar surface area (TPSA) is 84.2 Å². The highest BCUT2D eigenvalue weighted by Crippen LogP contribution is 2.18. The Kier molecular flexibility index (Phi) is 3.21. The van der Waals surface area contributed by atoms with Gasteiger partial charge in [0.15, 0.2) is 5.69 Å². The molecule has 104 valence electrons. The summed E-state index contributed by atoms with van der Waals surface area (Å²) in [6.45, 7) is 0.0808. The third-order valence-corrected chi connectivity index (χ3v) is 2.80. The van der Waals surface area contributed by atoms with Crippen molar-refractivity contribution in [2.45, 2.75) is 31.6 Å². The number of fused-ring (bicyclic) bond motifs is 1. The molecule has 0 spiro atoms. The predicted octanol–water partition coefficient (Wildman–Crippen LogP) is 0.575. The number of aryl methyl sites for hydroxylation is 1. The van der Waals surface area contributed by atoms with E-state index in [1.54, 1.807) is 0 Å². The van der Waals surface area contributed by atoms with Crippen molar-refractivity contribution in [2.75, 3.05) is 0 Å². The highest BCUT2D eigenvalue weighted by atomic mass is 19.4. The Balaban J connectivity index is 2.06. The summed E-state index contributed by atoms with van der Waals surface area (Å²) in [6.07, 6.45) is -3.06. The van der Waals surface area contributed by atoms with E-state index in [9.17, 15) is 22.8 Å². The number of hydrogen-bond donors (Lipinski definition) is 2. The number of hydrogen-bond acceptors (Lipinski definition) is 3. The lowest BCUT2D eigenvalue weighted by Gasteiger charge is -2.24. The molecule has 9 heteroatoms. The largest absolute Gasteiger partial charge is 0.476 e. The van der Waals surface area contributed by atoms with Crippen LogP contribution in [0.25, 0.3) is 0 Å². The van der Waals surface area contributed by atoms with Gasteiger partial charge >= 0.3 is 18.1 Å². The molecular weight excluding hydrogens is 267 g/mol. The molecule has 19 heavy (non-hydrogen) atoms. The molecule has 0 saturated carbocycles. The highest BCUT2D eigenvalue weighted by Gasteiger charge is 2.40. The number of aromatic carboxylic acids is 1. The van der Waals surface area contributed by atoms with Crippen molar-refractivity contribution in [3.8, 4) is 0 Å². The minimum Gasteiger partial charge on any atom is -0.476 e. The van der Waals surface area contributed by atoms with Crippen molar-refractivity contribution in [3.63, 3.8) is 0 Å². The molecule has 2 rings (SSSR count). The molecule has 1 aromatic rings. The average Bonchev–Trinajstić information content (AvgIpc) is 2.70. The first kappa shape index (κ1) is 13.4. The van der Waals surface area contributed by atoms with E-state index in [-0.39, 0.29) is 18.7 Å². The van der Waals surface area contributed by atoms with Crippen LogP contribution in [0, 0.1) is 0 Å². The quantitative estimate of drug-likeness (QED) is 0.828. The number of carbonyl (C=O) groups is 2. The Bertz CT molecular complexity index is 524. The second-order valence-electron chi connectivity index (χ2n) is 4.21. The fraction of sp³-hybridized carbons (Fsp3) is 0.500. The second kappa shape index (κ2) is 4.56. The molecule has 1 aliphatic heterocycles. The van der Waals surface area contributed by atoms with Crippen LogP contribution in [0.1, 0.15) is 22.7 Å². The van der Waals surface area contributed by atoms with E-state index >= 15 is 0 Å². The molecule has 2 heterocycles. The molecule has 0 radical (unpaired) electrons. The standard InChI is InChI=1S/C10H10F3N3O3/c11-10(12,13)9(19)14-5-1-2-7-15-6(8(17)18)4-16(7)3-5/h4-5H,1-3H2,(H,14,19)(H,17,18). The molecule has 1 aliphatic rings. The number of imidazole rings is 1. The summed E-state index contributed by atoms with van der Waals surface area (Å²) >= 11 is 0. The van der Waals surface area contributed by atoms with Crippen LogP contribution in [-0.2, 0) is 17.8 Å². The van der Waals surface area contributed by atoms with Gasteiger partial charge in [-0.15, -0.1) is 0 Å². The average molecular weight is 277 g/mol. The van der Waals surface area contributed by atoms with E-state index in [1.807, 2.05) is 5.32 Å². The van der Waals surface area contributed by atoms with Gasteiger partial charge in [-0.3, -0.25) is 4.79 Å². The van der Waals surface area contributed by atoms with Gasteiger partial charge in [-0.25, -0.2) is 9.78 Å². The van der Waals surface area contributed by atoms with Crippen molar-refractivity contribution in [3.05, 3.63) is 17.7 Å². The summed E-state index contributed by atoms with van der Waals surface area (Å²) in [4.78, 5) is 25.4. The maximum Gasteiger partial charge on any atom is 0.471 e. The monoisotopic (exact) mass is 277 g/mol. The number of rotatable bonds is 2. The molecule has 1 amide bonds. The van der Waals surface area contributed by atoms with Crippen LogP contribution in [0.4, 0.5) is 13.2 Å². The van der Waals surface area contributed by atoms with Crippen LogP contribution in [0.15, 0.2) is 6.20 Å². The Hall–Kier alpha value is -2.06. The van der Waals surface area contributed by atoms with Gasteiger partial charge in [0.05, 0.1) is 0 Å². The number of halogens is 3. The third-order valence-electron chi connectivity index (χ3n) is 2.80. The zero-order chi connectivity index (χ0) is 14.2. The Morgan fingerprint density at radius 1 is 1.47 bits per heavy atom. The minimum absolute atomic E-state index is 0.0808. The van der Waals surface area contributed by atoms with Crippen LogP contribution >= 0.6 is 0 Å². The SMILES string of the molecule is O=C(O)c1cn2c(n1)CCC(NC(=O)C(F)(F)F)C2. The van der Waals surface area contributed by atoms with Crippen LogP contribution < -0.4 is 5.32 Å². The van der Waals surface area contributed by atoms with Gasteiger partial charge in [-0.1, -0.05) is 0 Å². The molecule has 6 nitrogen and oxygen atoms in total. The summed E-state index contributed by atoms with van der Waals surface area (Å²) in [5, 5.41) is 10.6. The van der Waals surface area contributed by atoms with E-state index in [0.717, 1.165) is 0 Å². The van der Waals surface area contributed by atoms with Gasteiger partial charge in [-0.05, 0) is 6.42 Å². The summed E-state index contributed by atoms with van der Waals surface area (Å²) in [5.41, 5.74) is -0.155. The Morgan fingerprint density at radius 2 is 2.16 bits per heavy atom. The van der Waals surface area contributed by atoms with Crippen LogP contribution in [0.2, 0.25) is 0 Å². The lowest BCUT2D eigenvalue weighted by molar-refractivity contribution is -0.174. The number of alkyl halides is 3. The Morgan fingerprint density at radius 3 is 2.74 bits per heavy atom.